The third-order valence-corrected chi connectivity index (χ3v) is 6.24. The number of nitrogens with one attached hydrogen (secondary N) is 1. The van der Waals surface area contributed by atoms with Crippen LogP contribution < -0.4 is 10.1 Å². The summed E-state index contributed by atoms with van der Waals surface area (Å²) in [5.41, 5.74) is 3.01. The number of rotatable bonds is 6. The summed E-state index contributed by atoms with van der Waals surface area (Å²) in [6, 6.07) is 17.6. The number of benzene rings is 3. The van der Waals surface area contributed by atoms with Crippen molar-refractivity contribution in [3.63, 3.8) is 0 Å². The van der Waals surface area contributed by atoms with E-state index in [2.05, 4.69) is 5.32 Å². The summed E-state index contributed by atoms with van der Waals surface area (Å²) in [7, 11) is 1.52. The minimum absolute atomic E-state index is 0.140. The molecule has 0 aliphatic heterocycles. The van der Waals surface area contributed by atoms with Crippen molar-refractivity contribution in [1.29, 1.82) is 0 Å². The smallest absolute Gasteiger partial charge is 0.296 e. The van der Waals surface area contributed by atoms with Crippen molar-refractivity contribution in [2.24, 2.45) is 0 Å². The van der Waals surface area contributed by atoms with Crippen molar-refractivity contribution in [2.45, 2.75) is 13.5 Å². The number of hydrogen-bond acceptors (Lipinski definition) is 3. The molecule has 1 amide bonds. The van der Waals surface area contributed by atoms with Gasteiger partial charge in [0.05, 0.1) is 24.7 Å². The molecule has 0 bridgehead atoms. The van der Waals surface area contributed by atoms with Crippen molar-refractivity contribution in [1.82, 2.24) is 4.57 Å². The molecule has 1 aromatic heterocycles. The Bertz CT molecular complexity index is 1400. The van der Waals surface area contributed by atoms with Gasteiger partial charge in [-0.15, -0.1) is 0 Å². The molecular weight excluding hydrogens is 483 g/mol. The fourth-order valence-electron chi connectivity index (χ4n) is 3.63. The van der Waals surface area contributed by atoms with E-state index in [1.54, 1.807) is 47.0 Å². The lowest BCUT2D eigenvalue weighted by Gasteiger charge is -2.10. The summed E-state index contributed by atoms with van der Waals surface area (Å²) in [4.78, 5) is 26.1. The van der Waals surface area contributed by atoms with Gasteiger partial charge < -0.3 is 14.6 Å². The number of carbonyl (C=O) groups is 2. The zero-order valence-electron chi connectivity index (χ0n) is 17.8. The number of amides is 1. The number of nitrogens with zero attached hydrogens (tertiary/aromatic N) is 1. The largest absolute Gasteiger partial charge is 0.497 e. The topological polar surface area (TPSA) is 60.3 Å². The number of hydrogen-bond donors (Lipinski definition) is 1. The van der Waals surface area contributed by atoms with Gasteiger partial charge in [0.1, 0.15) is 10.9 Å². The van der Waals surface area contributed by atoms with Gasteiger partial charge >= 0.3 is 0 Å². The van der Waals surface area contributed by atoms with Gasteiger partial charge in [0.2, 0.25) is 0 Å². The monoisotopic (exact) mass is 500 g/mol. The second-order valence-electron chi connectivity index (χ2n) is 7.52. The average molecular weight is 502 g/mol. The molecule has 0 aliphatic carbocycles. The maximum Gasteiger partial charge on any atom is 0.296 e. The van der Waals surface area contributed by atoms with Gasteiger partial charge in [-0.25, -0.2) is 0 Å². The van der Waals surface area contributed by atoms with Crippen molar-refractivity contribution < 1.29 is 14.3 Å². The maximum absolute atomic E-state index is 13.2. The summed E-state index contributed by atoms with van der Waals surface area (Å²) in [6.45, 7) is 2.21. The number of carbonyl (C=O) groups excluding carboxylic acids is 2. The van der Waals surface area contributed by atoms with Gasteiger partial charge in [-0.05, 0) is 48.9 Å². The summed E-state index contributed by atoms with van der Waals surface area (Å²) >= 11 is 19.1. The third-order valence-electron chi connectivity index (χ3n) is 5.26. The number of methoxy groups -OCH3 is 1. The zero-order valence-corrected chi connectivity index (χ0v) is 20.1. The first-order chi connectivity index (χ1) is 15.8. The molecule has 1 heterocycles. The minimum atomic E-state index is -0.796. The molecule has 0 unspecified atom stereocenters. The molecule has 0 fully saturated rings. The molecule has 5 nitrogen and oxygen atoms in total. The SMILES string of the molecule is COc1cccc(NC(=O)C(=O)c2c(Cl)n(Cc3ccc(Cl)cc3Cl)c3ccc(C)cc23)c1. The van der Waals surface area contributed by atoms with Crippen molar-refractivity contribution >= 4 is 63.1 Å². The van der Waals surface area contributed by atoms with Crippen LogP contribution in [0.1, 0.15) is 21.5 Å². The molecule has 3 aromatic carbocycles. The fourth-order valence-corrected chi connectivity index (χ4v) is 4.44. The van der Waals surface area contributed by atoms with Gasteiger partial charge in [-0.1, -0.05) is 58.6 Å². The van der Waals surface area contributed by atoms with Crippen LogP contribution in [-0.4, -0.2) is 23.4 Å². The predicted molar refractivity (Wildman–Crippen MR) is 133 cm³/mol. The second kappa shape index (κ2) is 9.48. The Hall–Kier alpha value is -2.99. The van der Waals surface area contributed by atoms with Gasteiger partial charge in [-0.3, -0.25) is 9.59 Å². The molecule has 4 aromatic rings. The fraction of sp³-hybridized carbons (Fsp3) is 0.120. The van der Waals surface area contributed by atoms with Gasteiger partial charge in [0.15, 0.2) is 0 Å². The van der Waals surface area contributed by atoms with Crippen LogP contribution >= 0.6 is 34.8 Å². The van der Waals surface area contributed by atoms with Crippen LogP contribution in [0.2, 0.25) is 15.2 Å². The predicted octanol–water partition coefficient (Wildman–Crippen LogP) is 6.79. The highest BCUT2D eigenvalue weighted by atomic mass is 35.5. The highest BCUT2D eigenvalue weighted by Gasteiger charge is 2.27. The van der Waals surface area contributed by atoms with Gasteiger partial charge in [0.25, 0.3) is 11.7 Å². The first kappa shape index (κ1) is 23.2. The standard InChI is InChI=1S/C25H19Cl3N2O3/c1-14-6-9-21-19(10-14)22(23(31)25(32)29-17-4-3-5-18(12-17)33-2)24(28)30(21)13-15-7-8-16(26)11-20(15)27/h3-12H,13H2,1-2H3,(H,29,32). The number of fused-ring (bicyclic) bond motifs is 1. The Balaban J connectivity index is 1.75. The highest BCUT2D eigenvalue weighted by molar-refractivity contribution is 6.51. The number of halogens is 3. The lowest BCUT2D eigenvalue weighted by molar-refractivity contribution is -0.112. The van der Waals surface area contributed by atoms with Gasteiger partial charge in [-0.2, -0.15) is 0 Å². The van der Waals surface area contributed by atoms with Crippen LogP contribution in [-0.2, 0) is 11.3 Å². The lowest BCUT2D eigenvalue weighted by Crippen LogP contribution is -2.23. The van der Waals surface area contributed by atoms with Crippen LogP contribution in [0.25, 0.3) is 10.9 Å². The van der Waals surface area contributed by atoms with Crippen molar-refractivity contribution in [3.8, 4) is 5.75 Å². The average Bonchev–Trinajstić information content (AvgIpc) is 3.05. The van der Waals surface area contributed by atoms with Gasteiger partial charge in [0, 0.05) is 27.2 Å². The molecule has 1 N–H and O–H groups in total. The molecule has 0 aliphatic rings. The number of aryl methyl sites for hydroxylation is 1. The van der Waals surface area contributed by atoms with Crippen LogP contribution in [0.15, 0.2) is 60.7 Å². The molecular formula is C25H19Cl3N2O3. The summed E-state index contributed by atoms with van der Waals surface area (Å²) in [5.74, 6) is -0.972. The molecule has 4 rings (SSSR count). The zero-order chi connectivity index (χ0) is 23.7. The van der Waals surface area contributed by atoms with E-state index in [0.29, 0.717) is 38.9 Å². The van der Waals surface area contributed by atoms with E-state index in [0.717, 1.165) is 11.1 Å². The van der Waals surface area contributed by atoms with Crippen LogP contribution in [0.4, 0.5) is 5.69 Å². The molecule has 168 valence electrons. The third kappa shape index (κ3) is 4.71. The molecule has 33 heavy (non-hydrogen) atoms. The molecule has 8 heteroatoms. The molecule has 0 radical (unpaired) electrons. The van der Waals surface area contributed by atoms with Crippen LogP contribution in [0.5, 0.6) is 5.75 Å². The Kier molecular flexibility index (Phi) is 6.66. The molecule has 0 atom stereocenters. The van der Waals surface area contributed by atoms with Crippen LogP contribution in [0.3, 0.4) is 0 Å². The summed E-state index contributed by atoms with van der Waals surface area (Å²) in [5, 5.41) is 4.38. The number of Topliss-reactive ketones (excluding diaryl/α,β-unsaturated/α-hetero) is 1. The second-order valence-corrected chi connectivity index (χ2v) is 8.73. The van der Waals surface area contributed by atoms with E-state index in [4.69, 9.17) is 39.5 Å². The van der Waals surface area contributed by atoms with Crippen molar-refractivity contribution in [2.75, 3.05) is 12.4 Å². The number of ether oxygens (including phenoxy) is 1. The number of aromatic nitrogens is 1. The van der Waals surface area contributed by atoms with Crippen LogP contribution in [0, 0.1) is 6.92 Å². The quantitative estimate of drug-likeness (QED) is 0.234. The first-order valence-corrected chi connectivity index (χ1v) is 11.1. The Morgan fingerprint density at radius 3 is 2.52 bits per heavy atom. The lowest BCUT2D eigenvalue weighted by atomic mass is 10.1. The molecule has 0 saturated carbocycles. The van der Waals surface area contributed by atoms with E-state index in [-0.39, 0.29) is 10.7 Å². The number of anilines is 1. The number of ketones is 1. The van der Waals surface area contributed by atoms with E-state index in [9.17, 15) is 9.59 Å². The maximum atomic E-state index is 13.2. The summed E-state index contributed by atoms with van der Waals surface area (Å²) < 4.78 is 6.93. The minimum Gasteiger partial charge on any atom is -0.497 e. The van der Waals surface area contributed by atoms with E-state index >= 15 is 0 Å². The highest BCUT2D eigenvalue weighted by Crippen LogP contribution is 2.34. The summed E-state index contributed by atoms with van der Waals surface area (Å²) in [6.07, 6.45) is 0. The molecule has 0 saturated heterocycles. The Morgan fingerprint density at radius 1 is 1.00 bits per heavy atom. The Labute approximate surface area is 205 Å². The normalized spacial score (nSPS) is 10.9. The van der Waals surface area contributed by atoms with E-state index < -0.39 is 11.7 Å². The van der Waals surface area contributed by atoms with E-state index in [1.807, 2.05) is 25.1 Å². The Morgan fingerprint density at radius 2 is 1.79 bits per heavy atom. The molecule has 0 spiro atoms. The van der Waals surface area contributed by atoms with Crippen molar-refractivity contribution in [3.05, 3.63) is 92.6 Å². The van der Waals surface area contributed by atoms with E-state index in [1.165, 1.54) is 7.11 Å². The first-order valence-electron chi connectivity index (χ1n) is 10.0.